The summed E-state index contributed by atoms with van der Waals surface area (Å²) in [7, 11) is 0. The molecule has 0 atom stereocenters. The standard InChI is InChI=1S/C13H18N2.C12H16N2/c1-7(2)10-5-6-11(14)12-8(3)9(4)15-13(10)12;1-4-9-5-6-10(13)11-7(2)8(3)14-12(9)11/h5-7,15H,14H2,1-4H3;5-6,14H,4,13H2,1-3H3. The van der Waals surface area contributed by atoms with Crippen LogP contribution < -0.4 is 11.5 Å². The van der Waals surface area contributed by atoms with Gasteiger partial charge in [-0.2, -0.15) is 0 Å². The fourth-order valence-corrected chi connectivity index (χ4v) is 4.10. The van der Waals surface area contributed by atoms with E-state index < -0.39 is 0 Å². The smallest absolute Gasteiger partial charge is 0.0514 e. The van der Waals surface area contributed by atoms with Crippen LogP contribution in [0.4, 0.5) is 11.4 Å². The predicted octanol–water partition coefficient (Wildman–Crippen LogP) is 6.42. The Morgan fingerprint density at radius 3 is 1.76 bits per heavy atom. The van der Waals surface area contributed by atoms with E-state index in [2.05, 4.69) is 70.6 Å². The quantitative estimate of drug-likeness (QED) is 0.298. The normalized spacial score (nSPS) is 11.3. The van der Waals surface area contributed by atoms with Crippen molar-refractivity contribution in [2.75, 3.05) is 11.5 Å². The van der Waals surface area contributed by atoms with Crippen LogP contribution in [0.1, 0.15) is 60.3 Å². The lowest BCUT2D eigenvalue weighted by atomic mass is 9.98. The van der Waals surface area contributed by atoms with E-state index in [-0.39, 0.29) is 0 Å². The maximum absolute atomic E-state index is 6.02. The van der Waals surface area contributed by atoms with E-state index in [0.29, 0.717) is 5.92 Å². The average Bonchev–Trinajstić information content (AvgIpc) is 3.14. The lowest BCUT2D eigenvalue weighted by Gasteiger charge is -2.08. The van der Waals surface area contributed by atoms with Crippen molar-refractivity contribution in [2.45, 2.75) is 60.8 Å². The summed E-state index contributed by atoms with van der Waals surface area (Å²) in [4.78, 5) is 6.84. The van der Waals surface area contributed by atoms with Crippen molar-refractivity contribution in [2.24, 2.45) is 0 Å². The minimum absolute atomic E-state index is 0.519. The van der Waals surface area contributed by atoms with E-state index in [1.165, 1.54) is 55.4 Å². The third kappa shape index (κ3) is 3.59. The highest BCUT2D eigenvalue weighted by Gasteiger charge is 2.13. The molecular formula is C25H34N4. The molecule has 4 aromatic rings. The summed E-state index contributed by atoms with van der Waals surface area (Å²) in [5, 5.41) is 2.39. The van der Waals surface area contributed by atoms with Crippen molar-refractivity contribution in [3.63, 3.8) is 0 Å². The number of nitrogen functional groups attached to an aromatic ring is 2. The van der Waals surface area contributed by atoms with Gasteiger partial charge in [-0.3, -0.25) is 0 Å². The third-order valence-electron chi connectivity index (χ3n) is 6.10. The molecule has 0 aliphatic carbocycles. The zero-order valence-electron chi connectivity index (χ0n) is 18.7. The predicted molar refractivity (Wildman–Crippen MR) is 128 cm³/mol. The highest BCUT2D eigenvalue weighted by atomic mass is 14.7. The van der Waals surface area contributed by atoms with Crippen molar-refractivity contribution in [1.29, 1.82) is 0 Å². The summed E-state index contributed by atoms with van der Waals surface area (Å²) in [6.45, 7) is 15.0. The first kappa shape index (κ1) is 20.8. The van der Waals surface area contributed by atoms with Gasteiger partial charge in [0.05, 0.1) is 11.0 Å². The molecule has 0 saturated heterocycles. The molecule has 0 aliphatic heterocycles. The molecule has 2 heterocycles. The highest BCUT2D eigenvalue weighted by Crippen LogP contribution is 2.33. The largest absolute Gasteiger partial charge is 0.398 e. The van der Waals surface area contributed by atoms with Gasteiger partial charge in [-0.1, -0.05) is 32.9 Å². The van der Waals surface area contributed by atoms with Gasteiger partial charge in [0.25, 0.3) is 0 Å². The second kappa shape index (κ2) is 7.86. The first-order valence-electron chi connectivity index (χ1n) is 10.4. The molecule has 4 rings (SSSR count). The lowest BCUT2D eigenvalue weighted by Crippen LogP contribution is -1.93. The Morgan fingerprint density at radius 1 is 0.759 bits per heavy atom. The minimum atomic E-state index is 0.519. The van der Waals surface area contributed by atoms with Crippen LogP contribution in [0.2, 0.25) is 0 Å². The maximum Gasteiger partial charge on any atom is 0.0514 e. The Hall–Kier alpha value is -2.88. The van der Waals surface area contributed by atoms with Gasteiger partial charge in [0.2, 0.25) is 0 Å². The lowest BCUT2D eigenvalue weighted by molar-refractivity contribution is 0.873. The second-order valence-corrected chi connectivity index (χ2v) is 8.32. The molecule has 0 aliphatic rings. The SMILES string of the molecule is CCc1ccc(N)c2c(C)c(C)[nH]c12.Cc1[nH]c2c(C(C)C)ccc(N)c2c1C. The van der Waals surface area contributed by atoms with Gasteiger partial charge in [-0.25, -0.2) is 0 Å². The number of rotatable bonds is 2. The Morgan fingerprint density at radius 2 is 1.24 bits per heavy atom. The fraction of sp³-hybridized carbons (Fsp3) is 0.360. The Bertz CT molecular complexity index is 1180. The molecule has 0 fully saturated rings. The molecule has 2 aromatic heterocycles. The number of aromatic nitrogens is 2. The zero-order chi connectivity index (χ0) is 21.5. The number of anilines is 2. The van der Waals surface area contributed by atoms with Crippen molar-refractivity contribution in [3.8, 4) is 0 Å². The van der Waals surface area contributed by atoms with E-state index in [1.807, 2.05) is 12.1 Å². The van der Waals surface area contributed by atoms with Crippen LogP contribution in [0, 0.1) is 27.7 Å². The van der Waals surface area contributed by atoms with E-state index >= 15 is 0 Å². The zero-order valence-corrected chi connectivity index (χ0v) is 18.7. The number of H-pyrrole nitrogens is 2. The van der Waals surface area contributed by atoms with Crippen molar-refractivity contribution in [1.82, 2.24) is 9.97 Å². The molecule has 0 saturated carbocycles. The molecule has 0 radical (unpaired) electrons. The number of benzene rings is 2. The number of aromatic amines is 2. The van der Waals surface area contributed by atoms with Crippen LogP contribution in [0.15, 0.2) is 24.3 Å². The number of hydrogen-bond donors (Lipinski definition) is 4. The van der Waals surface area contributed by atoms with Gasteiger partial charge in [0.15, 0.2) is 0 Å². The maximum atomic E-state index is 6.02. The minimum Gasteiger partial charge on any atom is -0.398 e. The molecule has 0 bridgehead atoms. The van der Waals surface area contributed by atoms with Gasteiger partial charge >= 0.3 is 0 Å². The monoisotopic (exact) mass is 390 g/mol. The molecule has 2 aromatic carbocycles. The molecule has 4 nitrogen and oxygen atoms in total. The molecule has 0 unspecified atom stereocenters. The first-order valence-corrected chi connectivity index (χ1v) is 10.4. The molecule has 29 heavy (non-hydrogen) atoms. The molecule has 0 amide bonds. The van der Waals surface area contributed by atoms with E-state index in [9.17, 15) is 0 Å². The molecule has 0 spiro atoms. The van der Waals surface area contributed by atoms with Crippen LogP contribution in [0.25, 0.3) is 21.8 Å². The van der Waals surface area contributed by atoms with Crippen molar-refractivity contribution < 1.29 is 0 Å². The van der Waals surface area contributed by atoms with Gasteiger partial charge in [0, 0.05) is 33.5 Å². The third-order valence-corrected chi connectivity index (χ3v) is 6.10. The van der Waals surface area contributed by atoms with Crippen LogP contribution in [0.5, 0.6) is 0 Å². The van der Waals surface area contributed by atoms with E-state index in [1.54, 1.807) is 0 Å². The van der Waals surface area contributed by atoms with E-state index in [0.717, 1.165) is 17.8 Å². The molecular weight excluding hydrogens is 356 g/mol. The van der Waals surface area contributed by atoms with Gasteiger partial charge < -0.3 is 21.4 Å². The van der Waals surface area contributed by atoms with E-state index in [4.69, 9.17) is 11.5 Å². The summed E-state index contributed by atoms with van der Waals surface area (Å²) >= 11 is 0. The van der Waals surface area contributed by atoms with Crippen LogP contribution >= 0.6 is 0 Å². The van der Waals surface area contributed by atoms with Crippen molar-refractivity contribution in [3.05, 3.63) is 57.9 Å². The number of nitrogens with two attached hydrogens (primary N) is 2. The molecule has 4 heteroatoms. The fourth-order valence-electron chi connectivity index (χ4n) is 4.10. The summed E-state index contributed by atoms with van der Waals surface area (Å²) in [5.74, 6) is 0.519. The topological polar surface area (TPSA) is 83.6 Å². The number of nitrogens with one attached hydrogen (secondary N) is 2. The first-order chi connectivity index (χ1) is 13.7. The summed E-state index contributed by atoms with van der Waals surface area (Å²) in [6, 6.07) is 8.24. The van der Waals surface area contributed by atoms with Crippen LogP contribution in [-0.4, -0.2) is 9.97 Å². The summed E-state index contributed by atoms with van der Waals surface area (Å²) in [5.41, 5.74) is 23.8. The van der Waals surface area contributed by atoms with Crippen LogP contribution in [0.3, 0.4) is 0 Å². The number of aryl methyl sites for hydroxylation is 5. The molecule has 6 N–H and O–H groups in total. The second-order valence-electron chi connectivity index (χ2n) is 8.32. The summed E-state index contributed by atoms with van der Waals surface area (Å²) < 4.78 is 0. The van der Waals surface area contributed by atoms with Gasteiger partial charge in [0.1, 0.15) is 0 Å². The highest BCUT2D eigenvalue weighted by molar-refractivity contribution is 5.97. The van der Waals surface area contributed by atoms with Gasteiger partial charge in [-0.05, 0) is 74.4 Å². The van der Waals surface area contributed by atoms with Crippen molar-refractivity contribution >= 4 is 33.2 Å². The number of fused-ring (bicyclic) bond motifs is 2. The van der Waals surface area contributed by atoms with Crippen LogP contribution in [-0.2, 0) is 6.42 Å². The average molecular weight is 391 g/mol. The van der Waals surface area contributed by atoms with Gasteiger partial charge in [-0.15, -0.1) is 0 Å². The number of hydrogen-bond acceptors (Lipinski definition) is 2. The Labute approximate surface area is 173 Å². The Kier molecular flexibility index (Phi) is 5.65. The molecule has 154 valence electrons. The summed E-state index contributed by atoms with van der Waals surface area (Å²) in [6.07, 6.45) is 1.04. The Balaban J connectivity index is 0.000000166.